The van der Waals surface area contributed by atoms with Gasteiger partial charge in [-0.25, -0.2) is 0 Å². The largest absolute Gasteiger partial charge is 0.366 e. The van der Waals surface area contributed by atoms with Crippen LogP contribution in [0.3, 0.4) is 0 Å². The molecule has 100 valence electrons. The summed E-state index contributed by atoms with van der Waals surface area (Å²) in [6.45, 7) is 8.67. The Morgan fingerprint density at radius 3 is 2.56 bits per heavy atom. The second-order valence-corrected chi connectivity index (χ2v) is 5.43. The number of carbonyl (C=O) groups is 1. The number of hydrogen-bond acceptors (Lipinski definition) is 2. The number of ether oxygens (including phenoxy) is 1. The SMILES string of the molecule is Cc1ccccc1CCNC(=O)COC(C)(C)C. The Bertz CT molecular complexity index is 394. The minimum atomic E-state index is -0.270. The van der Waals surface area contributed by atoms with Crippen molar-refractivity contribution in [1.29, 1.82) is 0 Å². The summed E-state index contributed by atoms with van der Waals surface area (Å²) in [5, 5.41) is 2.87. The van der Waals surface area contributed by atoms with Crippen molar-refractivity contribution in [2.24, 2.45) is 0 Å². The maximum absolute atomic E-state index is 11.5. The normalized spacial score (nSPS) is 11.3. The summed E-state index contributed by atoms with van der Waals surface area (Å²) in [7, 11) is 0. The molecule has 0 atom stereocenters. The van der Waals surface area contributed by atoms with Gasteiger partial charge >= 0.3 is 0 Å². The van der Waals surface area contributed by atoms with Crippen molar-refractivity contribution in [3.8, 4) is 0 Å². The molecule has 0 radical (unpaired) electrons. The lowest BCUT2D eigenvalue weighted by Crippen LogP contribution is -2.33. The maximum Gasteiger partial charge on any atom is 0.246 e. The Hall–Kier alpha value is -1.35. The van der Waals surface area contributed by atoms with Crippen molar-refractivity contribution in [2.45, 2.75) is 39.7 Å². The van der Waals surface area contributed by atoms with Gasteiger partial charge in [0.1, 0.15) is 6.61 Å². The Balaban J connectivity index is 2.26. The Labute approximate surface area is 110 Å². The third-order valence-electron chi connectivity index (χ3n) is 2.61. The third kappa shape index (κ3) is 5.82. The molecule has 0 unspecified atom stereocenters. The van der Waals surface area contributed by atoms with Gasteiger partial charge in [-0.1, -0.05) is 24.3 Å². The van der Waals surface area contributed by atoms with E-state index in [0.717, 1.165) is 6.42 Å². The molecule has 3 heteroatoms. The average molecular weight is 249 g/mol. The van der Waals surface area contributed by atoms with Gasteiger partial charge in [-0.05, 0) is 45.2 Å². The van der Waals surface area contributed by atoms with Gasteiger partial charge in [-0.3, -0.25) is 4.79 Å². The molecule has 0 aliphatic heterocycles. The first kappa shape index (κ1) is 14.7. The van der Waals surface area contributed by atoms with Crippen molar-refractivity contribution < 1.29 is 9.53 Å². The average Bonchev–Trinajstić information content (AvgIpc) is 2.28. The summed E-state index contributed by atoms with van der Waals surface area (Å²) in [6.07, 6.45) is 0.855. The second-order valence-electron chi connectivity index (χ2n) is 5.43. The third-order valence-corrected chi connectivity index (χ3v) is 2.61. The van der Waals surface area contributed by atoms with Crippen LogP contribution < -0.4 is 5.32 Å². The van der Waals surface area contributed by atoms with E-state index < -0.39 is 0 Å². The molecule has 1 aromatic rings. The minimum Gasteiger partial charge on any atom is -0.366 e. The molecule has 0 heterocycles. The Morgan fingerprint density at radius 2 is 1.94 bits per heavy atom. The fourth-order valence-corrected chi connectivity index (χ4v) is 1.56. The predicted molar refractivity (Wildman–Crippen MR) is 73.6 cm³/mol. The Kier molecular flexibility index (Phi) is 5.35. The van der Waals surface area contributed by atoms with E-state index in [1.165, 1.54) is 11.1 Å². The molecule has 1 rings (SSSR count). The number of nitrogens with one attached hydrogen (secondary N) is 1. The number of amides is 1. The summed E-state index contributed by atoms with van der Waals surface area (Å²) in [5.41, 5.74) is 2.26. The molecule has 0 fully saturated rings. The van der Waals surface area contributed by atoms with E-state index in [4.69, 9.17) is 4.74 Å². The van der Waals surface area contributed by atoms with Gasteiger partial charge in [0.2, 0.25) is 5.91 Å². The monoisotopic (exact) mass is 249 g/mol. The smallest absolute Gasteiger partial charge is 0.246 e. The molecule has 1 N–H and O–H groups in total. The zero-order chi connectivity index (χ0) is 13.6. The van der Waals surface area contributed by atoms with Crippen LogP contribution in [-0.2, 0) is 16.0 Å². The van der Waals surface area contributed by atoms with E-state index in [2.05, 4.69) is 24.4 Å². The molecule has 0 aromatic heterocycles. The zero-order valence-electron chi connectivity index (χ0n) is 11.7. The van der Waals surface area contributed by atoms with Gasteiger partial charge in [0.25, 0.3) is 0 Å². The predicted octanol–water partition coefficient (Wildman–Crippen LogP) is 2.47. The number of carbonyl (C=O) groups excluding carboxylic acids is 1. The van der Waals surface area contributed by atoms with Crippen LogP contribution in [0.1, 0.15) is 31.9 Å². The fourth-order valence-electron chi connectivity index (χ4n) is 1.56. The van der Waals surface area contributed by atoms with Gasteiger partial charge in [-0.15, -0.1) is 0 Å². The lowest BCUT2D eigenvalue weighted by atomic mass is 10.1. The molecule has 18 heavy (non-hydrogen) atoms. The van der Waals surface area contributed by atoms with Crippen LogP contribution in [-0.4, -0.2) is 24.7 Å². The number of hydrogen-bond donors (Lipinski definition) is 1. The number of aryl methyl sites for hydroxylation is 1. The van der Waals surface area contributed by atoms with Gasteiger partial charge in [-0.2, -0.15) is 0 Å². The number of rotatable bonds is 5. The van der Waals surface area contributed by atoms with Gasteiger partial charge in [0.05, 0.1) is 5.60 Å². The van der Waals surface area contributed by atoms with E-state index in [1.54, 1.807) is 0 Å². The Morgan fingerprint density at radius 1 is 1.28 bits per heavy atom. The van der Waals surface area contributed by atoms with Crippen molar-refractivity contribution in [1.82, 2.24) is 5.32 Å². The van der Waals surface area contributed by atoms with Gasteiger partial charge in [0.15, 0.2) is 0 Å². The quantitative estimate of drug-likeness (QED) is 0.870. The molecule has 0 saturated carbocycles. The van der Waals surface area contributed by atoms with Crippen LogP contribution in [0.15, 0.2) is 24.3 Å². The lowest BCUT2D eigenvalue weighted by Gasteiger charge is -2.19. The molecule has 0 aliphatic carbocycles. The first-order valence-electron chi connectivity index (χ1n) is 6.33. The highest BCUT2D eigenvalue weighted by molar-refractivity contribution is 5.77. The summed E-state index contributed by atoms with van der Waals surface area (Å²) in [4.78, 5) is 11.5. The number of benzene rings is 1. The van der Waals surface area contributed by atoms with E-state index in [-0.39, 0.29) is 18.1 Å². The summed E-state index contributed by atoms with van der Waals surface area (Å²) >= 11 is 0. The van der Waals surface area contributed by atoms with Crippen molar-refractivity contribution in [3.63, 3.8) is 0 Å². The molecular weight excluding hydrogens is 226 g/mol. The van der Waals surface area contributed by atoms with Gasteiger partial charge < -0.3 is 10.1 Å². The highest BCUT2D eigenvalue weighted by Gasteiger charge is 2.12. The van der Waals surface area contributed by atoms with E-state index in [1.807, 2.05) is 32.9 Å². The van der Waals surface area contributed by atoms with Crippen LogP contribution >= 0.6 is 0 Å². The summed E-state index contributed by atoms with van der Waals surface area (Å²) in [5.74, 6) is -0.0569. The summed E-state index contributed by atoms with van der Waals surface area (Å²) in [6, 6.07) is 8.22. The first-order chi connectivity index (χ1) is 8.38. The molecule has 0 aliphatic rings. The highest BCUT2D eigenvalue weighted by atomic mass is 16.5. The fraction of sp³-hybridized carbons (Fsp3) is 0.533. The zero-order valence-corrected chi connectivity index (χ0v) is 11.7. The van der Waals surface area contributed by atoms with E-state index >= 15 is 0 Å². The van der Waals surface area contributed by atoms with Gasteiger partial charge in [0, 0.05) is 6.54 Å². The van der Waals surface area contributed by atoms with Crippen LogP contribution in [0.5, 0.6) is 0 Å². The highest BCUT2D eigenvalue weighted by Crippen LogP contribution is 2.07. The van der Waals surface area contributed by atoms with E-state index in [0.29, 0.717) is 6.54 Å². The van der Waals surface area contributed by atoms with Crippen LogP contribution in [0, 0.1) is 6.92 Å². The topological polar surface area (TPSA) is 38.3 Å². The standard InChI is InChI=1S/C15H23NO2/c1-12-7-5-6-8-13(12)9-10-16-14(17)11-18-15(2,3)4/h5-8H,9-11H2,1-4H3,(H,16,17). The van der Waals surface area contributed by atoms with Crippen molar-refractivity contribution in [2.75, 3.05) is 13.2 Å². The molecule has 0 bridgehead atoms. The van der Waals surface area contributed by atoms with Crippen molar-refractivity contribution >= 4 is 5.91 Å². The molecule has 3 nitrogen and oxygen atoms in total. The lowest BCUT2D eigenvalue weighted by molar-refractivity contribution is -0.130. The molecular formula is C15H23NO2. The van der Waals surface area contributed by atoms with Crippen LogP contribution in [0.4, 0.5) is 0 Å². The second kappa shape index (κ2) is 6.55. The maximum atomic E-state index is 11.5. The van der Waals surface area contributed by atoms with Crippen LogP contribution in [0.2, 0.25) is 0 Å². The molecule has 1 amide bonds. The summed E-state index contributed by atoms with van der Waals surface area (Å²) < 4.78 is 5.41. The first-order valence-corrected chi connectivity index (χ1v) is 6.33. The van der Waals surface area contributed by atoms with Crippen LogP contribution in [0.25, 0.3) is 0 Å². The molecule has 0 saturated heterocycles. The van der Waals surface area contributed by atoms with E-state index in [9.17, 15) is 4.79 Å². The molecule has 0 spiro atoms. The van der Waals surface area contributed by atoms with Crippen molar-refractivity contribution in [3.05, 3.63) is 35.4 Å². The minimum absolute atomic E-state index is 0.0569. The molecule has 1 aromatic carbocycles.